The number of aromatic nitrogens is 7. The molecular formula is C59H59BrClN13O6. The molecular weight excluding hydrogens is 1100 g/mol. The van der Waals surface area contributed by atoms with E-state index in [2.05, 4.69) is 115 Å². The zero-order chi connectivity index (χ0) is 55.4. The molecule has 4 aliphatic rings. The Kier molecular flexibility index (Phi) is 17.9. The monoisotopic (exact) mass is 1160 g/mol. The average molecular weight is 1160 g/mol. The molecule has 0 amide bonds. The third-order valence-corrected chi connectivity index (χ3v) is 14.8. The highest BCUT2D eigenvalue weighted by Gasteiger charge is 2.23. The Morgan fingerprint density at radius 2 is 1.14 bits per heavy atom. The van der Waals surface area contributed by atoms with Gasteiger partial charge in [0, 0.05) is 96.1 Å². The summed E-state index contributed by atoms with van der Waals surface area (Å²) < 4.78 is 22.7. The van der Waals surface area contributed by atoms with Crippen LogP contribution in [0.5, 0.6) is 5.75 Å². The molecule has 8 heterocycles. The van der Waals surface area contributed by atoms with Crippen molar-refractivity contribution in [3.8, 4) is 45.7 Å². The lowest BCUT2D eigenvalue weighted by atomic mass is 10.0. The fraction of sp³-hybridized carbons (Fsp3) is 0.271. The number of nitrogens with zero attached hydrogens (tertiary/aromatic N) is 9. The Balaban J connectivity index is 0.000000134. The van der Waals surface area contributed by atoms with Crippen molar-refractivity contribution in [3.63, 3.8) is 0 Å². The number of carboxylic acids is 1. The number of benzene rings is 4. The first-order valence-electron chi connectivity index (χ1n) is 26.3. The Hall–Kier alpha value is -8.32. The summed E-state index contributed by atoms with van der Waals surface area (Å²) >= 11 is 9.36. The third-order valence-electron chi connectivity index (χ3n) is 13.8. The number of carboxylic acid groups (broad SMARTS) is 1. The Bertz CT molecular complexity index is 3550. The summed E-state index contributed by atoms with van der Waals surface area (Å²) in [6.07, 6.45) is 7.44. The summed E-state index contributed by atoms with van der Waals surface area (Å²) in [6.45, 7) is 10.7. The van der Waals surface area contributed by atoms with Crippen molar-refractivity contribution in [2.24, 2.45) is 5.92 Å². The van der Waals surface area contributed by atoms with E-state index in [1.54, 1.807) is 42.9 Å². The number of H-pyrrole nitrogens is 2. The number of rotatable bonds is 10. The lowest BCUT2D eigenvalue weighted by Gasteiger charge is -2.28. The number of nitrogen functional groups attached to an aromatic ring is 2. The second kappa shape index (κ2) is 26.1. The molecule has 9 aromatic rings. The Morgan fingerprint density at radius 3 is 1.61 bits per heavy atom. The highest BCUT2D eigenvalue weighted by Crippen LogP contribution is 2.35. The third kappa shape index (κ3) is 13.7. The fourth-order valence-corrected chi connectivity index (χ4v) is 9.62. The van der Waals surface area contributed by atoms with E-state index in [9.17, 15) is 10.1 Å². The van der Waals surface area contributed by atoms with Gasteiger partial charge in [-0.2, -0.15) is 5.26 Å². The van der Waals surface area contributed by atoms with Crippen molar-refractivity contribution < 1.29 is 28.8 Å². The fourth-order valence-electron chi connectivity index (χ4n) is 9.11. The molecule has 4 aromatic carbocycles. The largest absolute Gasteiger partial charge is 0.492 e. The predicted molar refractivity (Wildman–Crippen MR) is 315 cm³/mol. The number of carbonyl (C=O) groups is 1. The van der Waals surface area contributed by atoms with Crippen LogP contribution in [0.25, 0.3) is 56.2 Å². The Labute approximate surface area is 475 Å². The van der Waals surface area contributed by atoms with Crippen molar-refractivity contribution >= 4 is 84.4 Å². The SMILES string of the molecule is Clc1ccnc2nc(-c3ccc(N4CCOCC4)cc3)[nH]c12.N#Cc1cc(-c2ccnc3nc(-c4ccc(N5CCOCC5)cc4)[nH]c23)ccc1OCC1CC1.Nc1nccc(Br)c1N.O=C(O)c1ccc(N2CCOCC2)cc1. The van der Waals surface area contributed by atoms with Crippen LogP contribution in [0.4, 0.5) is 28.6 Å². The van der Waals surface area contributed by atoms with Crippen LogP contribution in [0.1, 0.15) is 28.8 Å². The molecule has 4 fully saturated rings. The molecule has 0 spiro atoms. The van der Waals surface area contributed by atoms with Crippen molar-refractivity contribution in [1.82, 2.24) is 34.9 Å². The first-order chi connectivity index (χ1) is 39.1. The molecule has 80 heavy (non-hydrogen) atoms. The average Bonchev–Trinajstić information content (AvgIpc) is 4.21. The second-order valence-corrected chi connectivity index (χ2v) is 20.4. The van der Waals surface area contributed by atoms with E-state index in [-0.39, 0.29) is 0 Å². The van der Waals surface area contributed by atoms with Gasteiger partial charge in [-0.1, -0.05) is 17.7 Å². The normalized spacial score (nSPS) is 15.1. The van der Waals surface area contributed by atoms with E-state index in [0.717, 1.165) is 134 Å². The maximum atomic E-state index is 10.7. The van der Waals surface area contributed by atoms with Crippen LogP contribution in [0.3, 0.4) is 0 Å². The number of anilines is 5. The van der Waals surface area contributed by atoms with Crippen LogP contribution >= 0.6 is 27.5 Å². The number of hydrogen-bond donors (Lipinski definition) is 5. The van der Waals surface area contributed by atoms with Crippen molar-refractivity contribution in [2.45, 2.75) is 12.8 Å². The smallest absolute Gasteiger partial charge is 0.335 e. The van der Waals surface area contributed by atoms with Gasteiger partial charge in [0.15, 0.2) is 11.3 Å². The maximum Gasteiger partial charge on any atom is 0.335 e. The highest BCUT2D eigenvalue weighted by atomic mass is 79.9. The van der Waals surface area contributed by atoms with Crippen LogP contribution in [-0.4, -0.2) is 131 Å². The van der Waals surface area contributed by atoms with Gasteiger partial charge in [0.05, 0.1) is 73.6 Å². The summed E-state index contributed by atoms with van der Waals surface area (Å²) in [5, 5.41) is 19.1. The summed E-state index contributed by atoms with van der Waals surface area (Å²) in [7, 11) is 0. The van der Waals surface area contributed by atoms with Gasteiger partial charge in [0.1, 0.15) is 34.8 Å². The van der Waals surface area contributed by atoms with Gasteiger partial charge < -0.3 is 60.2 Å². The molecule has 0 atom stereocenters. The molecule has 21 heteroatoms. The number of nitrogens with one attached hydrogen (secondary N) is 2. The van der Waals surface area contributed by atoms with Crippen molar-refractivity contribution in [1.29, 1.82) is 5.26 Å². The molecule has 5 aromatic heterocycles. The van der Waals surface area contributed by atoms with Crippen LogP contribution in [0.2, 0.25) is 5.02 Å². The highest BCUT2D eigenvalue weighted by molar-refractivity contribution is 9.10. The molecule has 3 saturated heterocycles. The molecule has 1 saturated carbocycles. The van der Waals surface area contributed by atoms with E-state index in [1.807, 2.05) is 36.4 Å². The summed E-state index contributed by atoms with van der Waals surface area (Å²) in [5.41, 5.74) is 22.5. The summed E-state index contributed by atoms with van der Waals surface area (Å²) in [6, 6.07) is 37.2. The molecule has 0 unspecified atom stereocenters. The van der Waals surface area contributed by atoms with E-state index in [0.29, 0.717) is 57.2 Å². The lowest BCUT2D eigenvalue weighted by molar-refractivity contribution is 0.0696. The van der Waals surface area contributed by atoms with Crippen molar-refractivity contribution in [2.75, 3.05) is 112 Å². The Morgan fingerprint density at radius 1 is 0.662 bits per heavy atom. The van der Waals surface area contributed by atoms with Gasteiger partial charge in [0.25, 0.3) is 0 Å². The minimum atomic E-state index is -0.886. The van der Waals surface area contributed by atoms with E-state index in [4.69, 9.17) is 52.1 Å². The second-order valence-electron chi connectivity index (χ2n) is 19.1. The van der Waals surface area contributed by atoms with Gasteiger partial charge in [-0.3, -0.25) is 0 Å². The zero-order valence-corrected chi connectivity index (χ0v) is 46.1. The number of halogens is 2. The molecule has 1 aliphatic carbocycles. The molecule has 410 valence electrons. The standard InChI is InChI=1S/C27H25N5O2.C16H15ClN4O.C11H13NO3.C5H6BrN3/c28-16-21-15-20(5-8-24(21)34-17-18-1-2-18)23-9-10-29-27-25(23)30-26(31-27)19-3-6-22(7-4-19)32-11-13-33-14-12-32;17-13-5-6-18-16-14(13)19-15(20-16)11-1-3-12(4-2-11)21-7-9-22-10-8-21;13-11(14)9-1-3-10(4-2-9)12-5-7-15-8-6-12;6-3-1-2-9-5(8)4(3)7/h3-10,15,18H,1-2,11-14,17H2,(H,29,30,31);1-6H,7-10H2,(H,18,19,20);1-4H,5-8H2,(H,13,14);1-2H,7H2,(H2,8,9). The summed E-state index contributed by atoms with van der Waals surface area (Å²) in [4.78, 5) is 45.9. The zero-order valence-electron chi connectivity index (χ0n) is 43.7. The molecule has 19 nitrogen and oxygen atoms in total. The number of nitrogens with two attached hydrogens (primary N) is 2. The van der Waals surface area contributed by atoms with Crippen molar-refractivity contribution in [3.05, 3.63) is 148 Å². The van der Waals surface area contributed by atoms with E-state index < -0.39 is 5.97 Å². The number of ether oxygens (including phenoxy) is 4. The molecule has 3 aliphatic heterocycles. The lowest BCUT2D eigenvalue weighted by Crippen LogP contribution is -2.36. The quantitative estimate of drug-likeness (QED) is 0.0853. The molecule has 7 N–H and O–H groups in total. The first-order valence-corrected chi connectivity index (χ1v) is 27.5. The van der Waals surface area contributed by atoms with Gasteiger partial charge in [-0.25, -0.2) is 29.7 Å². The number of pyridine rings is 3. The van der Waals surface area contributed by atoms with Gasteiger partial charge >= 0.3 is 5.97 Å². The first kappa shape index (κ1) is 55.0. The number of aromatic amines is 2. The summed E-state index contributed by atoms with van der Waals surface area (Å²) in [5.74, 6) is 2.32. The predicted octanol–water partition coefficient (Wildman–Crippen LogP) is 10.1. The number of fused-ring (bicyclic) bond motifs is 2. The molecule has 0 bridgehead atoms. The van der Waals surface area contributed by atoms with Crippen LogP contribution in [0.15, 0.2) is 132 Å². The van der Waals surface area contributed by atoms with Crippen LogP contribution in [0, 0.1) is 17.2 Å². The van der Waals surface area contributed by atoms with Gasteiger partial charge in [-0.05, 0) is 143 Å². The molecule has 0 radical (unpaired) electrons. The number of aromatic carboxylic acids is 1. The van der Waals surface area contributed by atoms with E-state index in [1.165, 1.54) is 24.2 Å². The maximum absolute atomic E-state index is 10.7. The van der Waals surface area contributed by atoms with Gasteiger partial charge in [-0.15, -0.1) is 0 Å². The van der Waals surface area contributed by atoms with Crippen LogP contribution < -0.4 is 30.9 Å². The number of hydrogen-bond acceptors (Lipinski definition) is 16. The van der Waals surface area contributed by atoms with Crippen LogP contribution in [-0.2, 0) is 14.2 Å². The minimum absolute atomic E-state index is 0.326. The number of morpholine rings is 3. The van der Waals surface area contributed by atoms with E-state index >= 15 is 0 Å². The molecule has 13 rings (SSSR count). The topological polar surface area (TPSA) is 256 Å². The number of nitriles is 1. The minimum Gasteiger partial charge on any atom is -0.492 e. The van der Waals surface area contributed by atoms with Gasteiger partial charge in [0.2, 0.25) is 0 Å². The number of imidazole rings is 2.